The predicted molar refractivity (Wildman–Crippen MR) is 87.1 cm³/mol. The third-order valence-corrected chi connectivity index (χ3v) is 3.78. The van der Waals surface area contributed by atoms with E-state index < -0.39 is 0 Å². The molecule has 108 valence electrons. The molecular weight excluding hydrogens is 260 g/mol. The zero-order valence-corrected chi connectivity index (χ0v) is 12.7. The van der Waals surface area contributed by atoms with Crippen LogP contribution in [0.1, 0.15) is 32.6 Å². The van der Waals surface area contributed by atoms with Gasteiger partial charge in [0.05, 0.1) is 0 Å². The summed E-state index contributed by atoms with van der Waals surface area (Å²) in [6.07, 6.45) is 4.58. The van der Waals surface area contributed by atoms with Crippen LogP contribution in [0.5, 0.6) is 0 Å². The van der Waals surface area contributed by atoms with E-state index in [-0.39, 0.29) is 0 Å². The lowest BCUT2D eigenvalue weighted by Crippen LogP contribution is -2.08. The van der Waals surface area contributed by atoms with E-state index in [1.165, 1.54) is 0 Å². The molecule has 21 heavy (non-hydrogen) atoms. The fourth-order valence-electron chi connectivity index (χ4n) is 2.82. The molecule has 0 aliphatic heterocycles. The Morgan fingerprint density at radius 3 is 2.62 bits per heavy atom. The number of nitrogens with zero attached hydrogens (tertiary/aromatic N) is 3. The molecule has 1 aromatic carbocycles. The standard InChI is InChI=1S/C17H20N4/c1-4-15-20-16(17(18)21(15)11(2)3)14-10-19-9-12-7-5-6-8-13(12)14/h5-11H,4,18H2,1-3H3. The Morgan fingerprint density at radius 2 is 1.95 bits per heavy atom. The van der Waals surface area contributed by atoms with Gasteiger partial charge in [0, 0.05) is 35.8 Å². The number of aryl methyl sites for hydroxylation is 1. The Bertz CT molecular complexity index is 781. The monoisotopic (exact) mass is 280 g/mol. The quantitative estimate of drug-likeness (QED) is 0.793. The van der Waals surface area contributed by atoms with Crippen molar-refractivity contribution in [3.8, 4) is 11.3 Å². The molecule has 0 fully saturated rings. The van der Waals surface area contributed by atoms with Crippen LogP contribution in [0.15, 0.2) is 36.7 Å². The highest BCUT2D eigenvalue weighted by atomic mass is 15.2. The van der Waals surface area contributed by atoms with Crippen LogP contribution in [0.4, 0.5) is 5.82 Å². The molecule has 0 aliphatic carbocycles. The van der Waals surface area contributed by atoms with Crippen molar-refractivity contribution in [2.24, 2.45) is 0 Å². The first-order valence-corrected chi connectivity index (χ1v) is 7.33. The molecular formula is C17H20N4. The lowest BCUT2D eigenvalue weighted by molar-refractivity contribution is 0.579. The smallest absolute Gasteiger partial charge is 0.132 e. The second-order valence-corrected chi connectivity index (χ2v) is 5.49. The first-order chi connectivity index (χ1) is 10.1. The summed E-state index contributed by atoms with van der Waals surface area (Å²) < 4.78 is 2.11. The minimum atomic E-state index is 0.295. The van der Waals surface area contributed by atoms with Crippen LogP contribution in [0.2, 0.25) is 0 Å². The molecule has 4 heteroatoms. The molecule has 3 rings (SSSR count). The summed E-state index contributed by atoms with van der Waals surface area (Å²) >= 11 is 0. The Hall–Kier alpha value is -2.36. The van der Waals surface area contributed by atoms with Gasteiger partial charge in [0.1, 0.15) is 17.3 Å². The summed E-state index contributed by atoms with van der Waals surface area (Å²) in [7, 11) is 0. The molecule has 2 N–H and O–H groups in total. The summed E-state index contributed by atoms with van der Waals surface area (Å²) in [4.78, 5) is 9.10. The van der Waals surface area contributed by atoms with Crippen molar-refractivity contribution in [3.63, 3.8) is 0 Å². The maximum absolute atomic E-state index is 6.38. The number of fused-ring (bicyclic) bond motifs is 1. The van der Waals surface area contributed by atoms with Crippen molar-refractivity contribution < 1.29 is 0 Å². The van der Waals surface area contributed by atoms with E-state index in [2.05, 4.69) is 42.5 Å². The molecule has 0 bridgehead atoms. The summed E-state index contributed by atoms with van der Waals surface area (Å²) in [5.74, 6) is 1.74. The molecule has 3 aromatic rings. The Morgan fingerprint density at radius 1 is 1.19 bits per heavy atom. The summed E-state index contributed by atoms with van der Waals surface area (Å²) in [5.41, 5.74) is 8.21. The second-order valence-electron chi connectivity index (χ2n) is 5.49. The maximum atomic E-state index is 6.38. The van der Waals surface area contributed by atoms with Crippen molar-refractivity contribution in [1.82, 2.24) is 14.5 Å². The average molecular weight is 280 g/mol. The van der Waals surface area contributed by atoms with Gasteiger partial charge in [-0.25, -0.2) is 4.98 Å². The molecule has 0 unspecified atom stereocenters. The van der Waals surface area contributed by atoms with Crippen LogP contribution >= 0.6 is 0 Å². The predicted octanol–water partition coefficient (Wildman–Crippen LogP) is 3.82. The van der Waals surface area contributed by atoms with Crippen LogP contribution in [0.3, 0.4) is 0 Å². The van der Waals surface area contributed by atoms with Crippen molar-refractivity contribution in [2.75, 3.05) is 5.73 Å². The number of benzene rings is 1. The minimum absolute atomic E-state index is 0.295. The highest BCUT2D eigenvalue weighted by Gasteiger charge is 2.18. The van der Waals surface area contributed by atoms with Gasteiger partial charge >= 0.3 is 0 Å². The molecule has 0 spiro atoms. The molecule has 0 radical (unpaired) electrons. The van der Waals surface area contributed by atoms with Crippen LogP contribution in [0.25, 0.3) is 22.0 Å². The summed E-state index contributed by atoms with van der Waals surface area (Å²) in [6.45, 7) is 6.36. The van der Waals surface area contributed by atoms with Crippen molar-refractivity contribution in [2.45, 2.75) is 33.2 Å². The number of hydrogen-bond donors (Lipinski definition) is 1. The van der Waals surface area contributed by atoms with E-state index in [0.717, 1.165) is 40.1 Å². The van der Waals surface area contributed by atoms with Gasteiger partial charge in [-0.1, -0.05) is 31.2 Å². The van der Waals surface area contributed by atoms with Crippen LogP contribution in [-0.4, -0.2) is 14.5 Å². The molecule has 2 aromatic heterocycles. The second kappa shape index (κ2) is 5.20. The lowest BCUT2D eigenvalue weighted by Gasteiger charge is -2.12. The van der Waals surface area contributed by atoms with Gasteiger partial charge in [0.25, 0.3) is 0 Å². The molecule has 0 saturated heterocycles. The van der Waals surface area contributed by atoms with E-state index in [0.29, 0.717) is 6.04 Å². The third kappa shape index (κ3) is 2.17. The maximum Gasteiger partial charge on any atom is 0.132 e. The van der Waals surface area contributed by atoms with E-state index in [4.69, 9.17) is 10.7 Å². The van der Waals surface area contributed by atoms with E-state index in [9.17, 15) is 0 Å². The SMILES string of the molecule is CCc1nc(-c2cncc3ccccc23)c(N)n1C(C)C. The highest BCUT2D eigenvalue weighted by Crippen LogP contribution is 2.33. The largest absolute Gasteiger partial charge is 0.383 e. The molecule has 4 nitrogen and oxygen atoms in total. The van der Waals surface area contributed by atoms with Gasteiger partial charge in [-0.2, -0.15) is 0 Å². The van der Waals surface area contributed by atoms with Gasteiger partial charge in [-0.15, -0.1) is 0 Å². The first-order valence-electron chi connectivity index (χ1n) is 7.33. The zero-order valence-electron chi connectivity index (χ0n) is 12.7. The van der Waals surface area contributed by atoms with Crippen molar-refractivity contribution in [3.05, 3.63) is 42.5 Å². The van der Waals surface area contributed by atoms with Gasteiger partial charge < -0.3 is 10.3 Å². The number of anilines is 1. The van der Waals surface area contributed by atoms with Gasteiger partial charge in [0.15, 0.2) is 0 Å². The third-order valence-electron chi connectivity index (χ3n) is 3.78. The van der Waals surface area contributed by atoms with Crippen molar-refractivity contribution in [1.29, 1.82) is 0 Å². The number of pyridine rings is 1. The summed E-state index contributed by atoms with van der Waals surface area (Å²) in [5, 5.41) is 2.24. The van der Waals surface area contributed by atoms with Crippen LogP contribution in [0, 0.1) is 0 Å². The number of aromatic nitrogens is 3. The Balaban J connectivity index is 2.29. The number of nitrogen functional groups attached to an aromatic ring is 1. The molecule has 0 atom stereocenters. The molecule has 2 heterocycles. The number of nitrogens with two attached hydrogens (primary N) is 1. The Labute approximate surface area is 124 Å². The fraction of sp³-hybridized carbons (Fsp3) is 0.294. The molecule has 0 amide bonds. The molecule has 0 aliphatic rings. The van der Waals surface area contributed by atoms with Gasteiger partial charge in [-0.05, 0) is 19.2 Å². The van der Waals surface area contributed by atoms with E-state index >= 15 is 0 Å². The average Bonchev–Trinajstić information content (AvgIpc) is 2.83. The number of rotatable bonds is 3. The Kier molecular flexibility index (Phi) is 3.37. The fourth-order valence-corrected chi connectivity index (χ4v) is 2.82. The zero-order chi connectivity index (χ0) is 15.0. The van der Waals surface area contributed by atoms with E-state index in [1.807, 2.05) is 24.5 Å². The van der Waals surface area contributed by atoms with Crippen LogP contribution < -0.4 is 5.73 Å². The normalized spacial score (nSPS) is 11.4. The van der Waals surface area contributed by atoms with Gasteiger partial charge in [-0.3, -0.25) is 4.98 Å². The minimum Gasteiger partial charge on any atom is -0.383 e. The highest BCUT2D eigenvalue weighted by molar-refractivity contribution is 5.96. The van der Waals surface area contributed by atoms with Crippen LogP contribution in [-0.2, 0) is 6.42 Å². The van der Waals surface area contributed by atoms with Crippen molar-refractivity contribution >= 4 is 16.6 Å². The van der Waals surface area contributed by atoms with Gasteiger partial charge in [0.2, 0.25) is 0 Å². The lowest BCUT2D eigenvalue weighted by atomic mass is 10.1. The number of imidazole rings is 1. The van der Waals surface area contributed by atoms with E-state index in [1.54, 1.807) is 0 Å². The molecule has 0 saturated carbocycles. The topological polar surface area (TPSA) is 56.7 Å². The summed E-state index contributed by atoms with van der Waals surface area (Å²) in [6, 6.07) is 8.49. The first kappa shape index (κ1) is 13.6. The number of hydrogen-bond acceptors (Lipinski definition) is 3.